The van der Waals surface area contributed by atoms with Gasteiger partial charge in [-0.3, -0.25) is 4.98 Å². The zero-order chi connectivity index (χ0) is 15.6. The molecular formula is C17H20N2O2. The predicted octanol–water partition coefficient (Wildman–Crippen LogP) is 4.13. The van der Waals surface area contributed by atoms with Crippen molar-refractivity contribution in [3.63, 3.8) is 0 Å². The lowest BCUT2D eigenvalue weighted by atomic mass is 9.87. The fourth-order valence-corrected chi connectivity index (χ4v) is 2.04. The number of benzene rings is 1. The van der Waals surface area contributed by atoms with Crippen LogP contribution in [0.4, 0.5) is 11.4 Å². The van der Waals surface area contributed by atoms with E-state index in [0.717, 1.165) is 11.4 Å². The minimum Gasteiger partial charge on any atom is -0.478 e. The van der Waals surface area contributed by atoms with Gasteiger partial charge >= 0.3 is 5.97 Å². The van der Waals surface area contributed by atoms with Gasteiger partial charge in [-0.1, -0.05) is 32.9 Å². The molecule has 0 radical (unpaired) electrons. The van der Waals surface area contributed by atoms with Crippen molar-refractivity contribution in [2.24, 2.45) is 0 Å². The van der Waals surface area contributed by atoms with Crippen molar-refractivity contribution in [1.82, 2.24) is 4.98 Å². The lowest BCUT2D eigenvalue weighted by Crippen LogP contribution is -2.10. The van der Waals surface area contributed by atoms with Gasteiger partial charge in [0.1, 0.15) is 5.56 Å². The van der Waals surface area contributed by atoms with E-state index in [2.05, 4.69) is 43.2 Å². The lowest BCUT2D eigenvalue weighted by Gasteiger charge is -2.19. The highest BCUT2D eigenvalue weighted by molar-refractivity contribution is 5.94. The minimum absolute atomic E-state index is 0.0952. The van der Waals surface area contributed by atoms with Gasteiger partial charge in [-0.25, -0.2) is 4.79 Å². The molecule has 0 saturated carbocycles. The van der Waals surface area contributed by atoms with E-state index in [0.29, 0.717) is 5.69 Å². The van der Waals surface area contributed by atoms with Gasteiger partial charge in [0.15, 0.2) is 0 Å². The average Bonchev–Trinajstić information content (AvgIpc) is 2.38. The Kier molecular flexibility index (Phi) is 3.98. The number of aryl methyl sites for hydroxylation is 1. The Morgan fingerprint density at radius 3 is 2.33 bits per heavy atom. The van der Waals surface area contributed by atoms with Crippen LogP contribution in [-0.4, -0.2) is 16.1 Å². The first kappa shape index (κ1) is 15.0. The third-order valence-corrected chi connectivity index (χ3v) is 3.30. The van der Waals surface area contributed by atoms with Crippen molar-refractivity contribution >= 4 is 17.3 Å². The molecule has 1 heterocycles. The van der Waals surface area contributed by atoms with Gasteiger partial charge in [-0.2, -0.15) is 0 Å². The number of hydrogen-bond donors (Lipinski definition) is 2. The number of carboxylic acids is 1. The fraction of sp³-hybridized carbons (Fsp3) is 0.294. The van der Waals surface area contributed by atoms with Crippen molar-refractivity contribution in [1.29, 1.82) is 0 Å². The second-order valence-electron chi connectivity index (χ2n) is 6.13. The number of pyridine rings is 1. The van der Waals surface area contributed by atoms with E-state index in [9.17, 15) is 9.90 Å². The van der Waals surface area contributed by atoms with Crippen LogP contribution in [0.25, 0.3) is 0 Å². The molecule has 4 nitrogen and oxygen atoms in total. The summed E-state index contributed by atoms with van der Waals surface area (Å²) in [6.07, 6.45) is 1.38. The van der Waals surface area contributed by atoms with E-state index >= 15 is 0 Å². The van der Waals surface area contributed by atoms with Crippen LogP contribution in [0.5, 0.6) is 0 Å². The highest BCUT2D eigenvalue weighted by Gasteiger charge is 2.14. The SMILES string of the molecule is Cc1cc(Nc2ccc(C(C)(C)C)cc2)c(C(=O)O)cn1. The number of carboxylic acid groups (broad SMARTS) is 1. The van der Waals surface area contributed by atoms with Crippen LogP contribution < -0.4 is 5.32 Å². The monoisotopic (exact) mass is 284 g/mol. The maximum atomic E-state index is 11.2. The highest BCUT2D eigenvalue weighted by atomic mass is 16.4. The molecule has 4 heteroatoms. The Balaban J connectivity index is 2.30. The number of carbonyl (C=O) groups is 1. The lowest BCUT2D eigenvalue weighted by molar-refractivity contribution is 0.0697. The van der Waals surface area contributed by atoms with Crippen molar-refractivity contribution < 1.29 is 9.90 Å². The molecular weight excluding hydrogens is 264 g/mol. The Morgan fingerprint density at radius 1 is 1.19 bits per heavy atom. The molecule has 0 atom stereocenters. The Bertz CT molecular complexity index is 655. The van der Waals surface area contributed by atoms with Crippen molar-refractivity contribution in [2.45, 2.75) is 33.1 Å². The summed E-state index contributed by atoms with van der Waals surface area (Å²) >= 11 is 0. The average molecular weight is 284 g/mol. The maximum Gasteiger partial charge on any atom is 0.339 e. The third kappa shape index (κ3) is 3.60. The second kappa shape index (κ2) is 5.56. The standard InChI is InChI=1S/C17H20N2O2/c1-11-9-15(14(10-18-11)16(20)21)19-13-7-5-12(6-8-13)17(2,3)4/h5-10H,1-4H3,(H,18,19)(H,20,21). The zero-order valence-corrected chi connectivity index (χ0v) is 12.8. The van der Waals surface area contributed by atoms with Gasteiger partial charge in [-0.15, -0.1) is 0 Å². The number of nitrogens with zero attached hydrogens (tertiary/aromatic N) is 1. The van der Waals surface area contributed by atoms with Gasteiger partial charge in [0, 0.05) is 17.6 Å². The number of anilines is 2. The van der Waals surface area contributed by atoms with Crippen LogP contribution in [0.3, 0.4) is 0 Å². The molecule has 2 rings (SSSR count). The van der Waals surface area contributed by atoms with Crippen LogP contribution in [0, 0.1) is 6.92 Å². The molecule has 0 spiro atoms. The molecule has 0 aliphatic rings. The van der Waals surface area contributed by atoms with E-state index in [1.807, 2.05) is 19.1 Å². The van der Waals surface area contributed by atoms with E-state index in [-0.39, 0.29) is 11.0 Å². The van der Waals surface area contributed by atoms with Gasteiger partial charge in [0.25, 0.3) is 0 Å². The minimum atomic E-state index is -0.990. The summed E-state index contributed by atoms with van der Waals surface area (Å²) in [5, 5.41) is 12.4. The topological polar surface area (TPSA) is 62.2 Å². The van der Waals surface area contributed by atoms with Gasteiger partial charge in [0.2, 0.25) is 0 Å². The van der Waals surface area contributed by atoms with Crippen LogP contribution >= 0.6 is 0 Å². The predicted molar refractivity (Wildman–Crippen MR) is 84.4 cm³/mol. The van der Waals surface area contributed by atoms with Gasteiger partial charge < -0.3 is 10.4 Å². The number of hydrogen-bond acceptors (Lipinski definition) is 3. The van der Waals surface area contributed by atoms with Gasteiger partial charge in [-0.05, 0) is 36.1 Å². The van der Waals surface area contributed by atoms with Crippen LogP contribution in [-0.2, 0) is 5.41 Å². The Morgan fingerprint density at radius 2 is 1.81 bits per heavy atom. The quantitative estimate of drug-likeness (QED) is 0.889. The molecule has 110 valence electrons. The van der Waals surface area contributed by atoms with E-state index < -0.39 is 5.97 Å². The Hall–Kier alpha value is -2.36. The summed E-state index contributed by atoms with van der Waals surface area (Å²) in [7, 11) is 0. The van der Waals surface area contributed by atoms with E-state index in [1.165, 1.54) is 11.8 Å². The maximum absolute atomic E-state index is 11.2. The molecule has 2 aromatic rings. The smallest absolute Gasteiger partial charge is 0.339 e. The molecule has 0 saturated heterocycles. The second-order valence-corrected chi connectivity index (χ2v) is 6.13. The molecule has 0 aliphatic heterocycles. The van der Waals surface area contributed by atoms with Crippen molar-refractivity contribution in [3.05, 3.63) is 53.3 Å². The largest absolute Gasteiger partial charge is 0.478 e. The summed E-state index contributed by atoms with van der Waals surface area (Å²) < 4.78 is 0. The van der Waals surface area contributed by atoms with Gasteiger partial charge in [0.05, 0.1) is 5.69 Å². The molecule has 0 aliphatic carbocycles. The molecule has 0 bridgehead atoms. The van der Waals surface area contributed by atoms with Crippen molar-refractivity contribution in [3.8, 4) is 0 Å². The summed E-state index contributed by atoms with van der Waals surface area (Å²) in [6.45, 7) is 8.30. The molecule has 2 N–H and O–H groups in total. The molecule has 0 fully saturated rings. The zero-order valence-electron chi connectivity index (χ0n) is 12.8. The summed E-state index contributed by atoms with van der Waals surface area (Å²) in [6, 6.07) is 9.76. The molecule has 0 amide bonds. The molecule has 1 aromatic heterocycles. The number of nitrogens with one attached hydrogen (secondary N) is 1. The first-order valence-corrected chi connectivity index (χ1v) is 6.85. The number of aromatic nitrogens is 1. The summed E-state index contributed by atoms with van der Waals surface area (Å²) in [4.78, 5) is 15.3. The molecule has 1 aromatic carbocycles. The van der Waals surface area contributed by atoms with Crippen LogP contribution in [0.2, 0.25) is 0 Å². The first-order chi connectivity index (χ1) is 9.77. The first-order valence-electron chi connectivity index (χ1n) is 6.85. The fourth-order valence-electron chi connectivity index (χ4n) is 2.04. The van der Waals surface area contributed by atoms with Crippen LogP contribution in [0.15, 0.2) is 36.5 Å². The third-order valence-electron chi connectivity index (χ3n) is 3.30. The molecule has 21 heavy (non-hydrogen) atoms. The van der Waals surface area contributed by atoms with Crippen LogP contribution in [0.1, 0.15) is 42.4 Å². The number of rotatable bonds is 3. The Labute approximate surface area is 124 Å². The van der Waals surface area contributed by atoms with E-state index in [1.54, 1.807) is 6.07 Å². The summed E-state index contributed by atoms with van der Waals surface area (Å²) in [5.41, 5.74) is 3.68. The van der Waals surface area contributed by atoms with Crippen molar-refractivity contribution in [2.75, 3.05) is 5.32 Å². The summed E-state index contributed by atoms with van der Waals surface area (Å²) in [5.74, 6) is -0.990. The molecule has 0 unspecified atom stereocenters. The normalized spacial score (nSPS) is 11.2. The number of aromatic carboxylic acids is 1. The highest BCUT2D eigenvalue weighted by Crippen LogP contribution is 2.26. The van der Waals surface area contributed by atoms with E-state index in [4.69, 9.17) is 0 Å².